The highest BCUT2D eigenvalue weighted by Crippen LogP contribution is 2.06. The zero-order valence-corrected chi connectivity index (χ0v) is 14.4. The summed E-state index contributed by atoms with van der Waals surface area (Å²) in [5.41, 5.74) is 1.82. The largest absolute Gasteiger partial charge is 0.465 e. The van der Waals surface area contributed by atoms with Crippen LogP contribution in [0.2, 0.25) is 19.6 Å². The van der Waals surface area contributed by atoms with Gasteiger partial charge < -0.3 is 4.74 Å². The Morgan fingerprint density at radius 1 is 1.14 bits per heavy atom. The number of esters is 1. The first-order chi connectivity index (χ1) is 10.4. The number of nitrogens with zero attached hydrogens (tertiary/aromatic N) is 2. The monoisotopic (exact) mass is 314 g/mol. The summed E-state index contributed by atoms with van der Waals surface area (Å²) in [7, 11) is -1.28. The fraction of sp³-hybridized carbons (Fsp3) is 0.353. The lowest BCUT2D eigenvalue weighted by Crippen LogP contribution is -2.37. The van der Waals surface area contributed by atoms with E-state index in [-0.39, 0.29) is 5.97 Å². The van der Waals surface area contributed by atoms with Crippen molar-refractivity contribution >= 4 is 19.2 Å². The molecule has 5 heteroatoms. The van der Waals surface area contributed by atoms with Crippen molar-refractivity contribution in [1.29, 1.82) is 0 Å². The van der Waals surface area contributed by atoms with Crippen molar-refractivity contribution in [3.05, 3.63) is 54.1 Å². The minimum atomic E-state index is -1.28. The molecular weight excluding hydrogens is 292 g/mol. The summed E-state index contributed by atoms with van der Waals surface area (Å²) >= 11 is 0. The van der Waals surface area contributed by atoms with Gasteiger partial charge >= 0.3 is 5.97 Å². The third kappa shape index (κ3) is 5.07. The molecule has 2 rings (SSSR count). The van der Waals surface area contributed by atoms with E-state index in [4.69, 9.17) is 4.74 Å². The van der Waals surface area contributed by atoms with Gasteiger partial charge in [-0.1, -0.05) is 49.1 Å². The van der Waals surface area contributed by atoms with Gasteiger partial charge in [-0.05, 0) is 5.56 Å². The Kier molecular flexibility index (Phi) is 5.44. The Balaban J connectivity index is 1.79. The number of hydrogen-bond acceptors (Lipinski definition) is 4. The highest BCUT2D eigenvalue weighted by atomic mass is 28.3. The van der Waals surface area contributed by atoms with E-state index in [0.717, 1.165) is 11.3 Å². The molecule has 0 spiro atoms. The van der Waals surface area contributed by atoms with E-state index >= 15 is 0 Å². The smallest absolute Gasteiger partial charge is 0.310 e. The molecule has 1 heterocycles. The number of rotatable bonds is 6. The first kappa shape index (κ1) is 16.4. The fourth-order valence-electron chi connectivity index (χ4n) is 2.07. The van der Waals surface area contributed by atoms with Gasteiger partial charge in [0.05, 0.1) is 26.8 Å². The van der Waals surface area contributed by atoms with Crippen LogP contribution in [0.3, 0.4) is 0 Å². The molecule has 1 aromatic heterocycles. The van der Waals surface area contributed by atoms with E-state index in [1.54, 1.807) is 18.6 Å². The van der Waals surface area contributed by atoms with Crippen LogP contribution >= 0.6 is 0 Å². The summed E-state index contributed by atoms with van der Waals surface area (Å²) in [6.45, 7) is 7.26. The second-order valence-corrected chi connectivity index (χ2v) is 11.4. The zero-order valence-electron chi connectivity index (χ0n) is 13.4. The van der Waals surface area contributed by atoms with Crippen molar-refractivity contribution in [1.82, 2.24) is 9.97 Å². The van der Waals surface area contributed by atoms with Crippen LogP contribution in [0.4, 0.5) is 0 Å². The molecule has 0 radical (unpaired) electrons. The molecule has 0 amide bonds. The highest BCUT2D eigenvalue weighted by molar-refractivity contribution is 6.88. The topological polar surface area (TPSA) is 52.1 Å². The molecule has 0 saturated carbocycles. The maximum absolute atomic E-state index is 11.8. The standard InChI is InChI=1S/C17H22N2O2Si/c1-22(2,3)16-6-4-14(5-7-16)12-17(20)21-11-8-15-13-18-9-10-19-15/h4-7,9-10,13H,8,11-12H2,1-3H3. The second kappa shape index (κ2) is 7.31. The number of hydrogen-bond donors (Lipinski definition) is 0. The lowest BCUT2D eigenvalue weighted by molar-refractivity contribution is -0.142. The van der Waals surface area contributed by atoms with Crippen LogP contribution < -0.4 is 5.19 Å². The molecule has 22 heavy (non-hydrogen) atoms. The minimum Gasteiger partial charge on any atom is -0.465 e. The molecule has 2 aromatic rings. The molecule has 0 fully saturated rings. The first-order valence-electron chi connectivity index (χ1n) is 7.45. The predicted molar refractivity (Wildman–Crippen MR) is 89.8 cm³/mol. The molecule has 0 atom stereocenters. The highest BCUT2D eigenvalue weighted by Gasteiger charge is 2.16. The van der Waals surface area contributed by atoms with Crippen molar-refractivity contribution in [3.63, 3.8) is 0 Å². The van der Waals surface area contributed by atoms with Gasteiger partial charge in [-0.25, -0.2) is 0 Å². The molecule has 0 N–H and O–H groups in total. The molecule has 4 nitrogen and oxygen atoms in total. The number of carbonyl (C=O) groups excluding carboxylic acids is 1. The van der Waals surface area contributed by atoms with Crippen molar-refractivity contribution in [3.8, 4) is 0 Å². The van der Waals surface area contributed by atoms with Crippen LogP contribution in [-0.2, 0) is 22.4 Å². The van der Waals surface area contributed by atoms with Gasteiger partial charge in [0, 0.05) is 25.0 Å². The van der Waals surface area contributed by atoms with Crippen molar-refractivity contribution < 1.29 is 9.53 Å². The van der Waals surface area contributed by atoms with E-state index in [0.29, 0.717) is 19.4 Å². The third-order valence-corrected chi connectivity index (χ3v) is 5.47. The van der Waals surface area contributed by atoms with Crippen LogP contribution in [0.5, 0.6) is 0 Å². The van der Waals surface area contributed by atoms with Gasteiger partial charge in [0.25, 0.3) is 0 Å². The van der Waals surface area contributed by atoms with Crippen LogP contribution in [0.15, 0.2) is 42.9 Å². The zero-order chi connectivity index (χ0) is 16.0. The van der Waals surface area contributed by atoms with E-state index < -0.39 is 8.07 Å². The van der Waals surface area contributed by atoms with Crippen molar-refractivity contribution in [2.75, 3.05) is 6.61 Å². The lowest BCUT2D eigenvalue weighted by Gasteiger charge is -2.16. The normalized spacial score (nSPS) is 11.2. The van der Waals surface area contributed by atoms with Gasteiger partial charge in [-0.2, -0.15) is 0 Å². The van der Waals surface area contributed by atoms with Crippen LogP contribution in [0, 0.1) is 0 Å². The Labute approximate surface area is 132 Å². The molecule has 0 aliphatic heterocycles. The summed E-state index contributed by atoms with van der Waals surface area (Å²) in [6, 6.07) is 8.32. The molecule has 0 unspecified atom stereocenters. The molecule has 116 valence electrons. The minimum absolute atomic E-state index is 0.204. The molecule has 0 saturated heterocycles. The number of carbonyl (C=O) groups is 1. The van der Waals surface area contributed by atoms with Crippen LogP contribution in [0.25, 0.3) is 0 Å². The van der Waals surface area contributed by atoms with Crippen LogP contribution in [0.1, 0.15) is 11.3 Å². The van der Waals surface area contributed by atoms with Crippen molar-refractivity contribution in [2.24, 2.45) is 0 Å². The maximum Gasteiger partial charge on any atom is 0.310 e. The number of benzene rings is 1. The molecule has 0 bridgehead atoms. The van der Waals surface area contributed by atoms with Gasteiger partial charge in [0.15, 0.2) is 0 Å². The molecule has 0 aliphatic rings. The van der Waals surface area contributed by atoms with Gasteiger partial charge in [0.2, 0.25) is 0 Å². The fourth-order valence-corrected chi connectivity index (χ4v) is 3.24. The van der Waals surface area contributed by atoms with E-state index in [9.17, 15) is 4.79 Å². The Morgan fingerprint density at radius 3 is 2.45 bits per heavy atom. The molecule has 0 aliphatic carbocycles. The van der Waals surface area contributed by atoms with E-state index in [1.807, 2.05) is 12.1 Å². The summed E-state index contributed by atoms with van der Waals surface area (Å²) < 4.78 is 5.25. The summed E-state index contributed by atoms with van der Waals surface area (Å²) in [5, 5.41) is 1.40. The quantitative estimate of drug-likeness (QED) is 0.607. The third-order valence-electron chi connectivity index (χ3n) is 3.41. The SMILES string of the molecule is C[Si](C)(C)c1ccc(CC(=O)OCCc2cnccn2)cc1. The van der Waals surface area contributed by atoms with E-state index in [1.165, 1.54) is 5.19 Å². The summed E-state index contributed by atoms with van der Waals surface area (Å²) in [6.07, 6.45) is 5.85. The predicted octanol–water partition coefficient (Wildman–Crippen LogP) is 2.35. The summed E-state index contributed by atoms with van der Waals surface area (Å²) in [4.78, 5) is 20.0. The van der Waals surface area contributed by atoms with E-state index in [2.05, 4.69) is 41.7 Å². The Bertz CT molecular complexity index is 607. The molecular formula is C17H22N2O2Si. The van der Waals surface area contributed by atoms with Gasteiger partial charge in [0.1, 0.15) is 0 Å². The Hall–Kier alpha value is -2.01. The summed E-state index contributed by atoms with van der Waals surface area (Å²) in [5.74, 6) is -0.204. The average molecular weight is 314 g/mol. The maximum atomic E-state index is 11.8. The van der Waals surface area contributed by atoms with Crippen LogP contribution in [-0.4, -0.2) is 30.6 Å². The van der Waals surface area contributed by atoms with Gasteiger partial charge in [-0.3, -0.25) is 14.8 Å². The van der Waals surface area contributed by atoms with Gasteiger partial charge in [-0.15, -0.1) is 0 Å². The lowest BCUT2D eigenvalue weighted by atomic mass is 10.1. The average Bonchev–Trinajstić information content (AvgIpc) is 2.48. The first-order valence-corrected chi connectivity index (χ1v) is 10.9. The Morgan fingerprint density at radius 2 is 1.86 bits per heavy atom. The second-order valence-electron chi connectivity index (χ2n) is 6.29. The number of aromatic nitrogens is 2. The number of ether oxygens (including phenoxy) is 1. The molecule has 1 aromatic carbocycles. The van der Waals surface area contributed by atoms with Crippen molar-refractivity contribution in [2.45, 2.75) is 32.5 Å².